The molecular formula is C15H19ClN2O3. The molecule has 1 aliphatic rings. The third-order valence-corrected chi connectivity index (χ3v) is 3.94. The molecule has 1 atom stereocenters. The van der Waals surface area contributed by atoms with Crippen LogP contribution in [0.4, 0.5) is 0 Å². The summed E-state index contributed by atoms with van der Waals surface area (Å²) in [4.78, 5) is 25.1. The van der Waals surface area contributed by atoms with Crippen LogP contribution in [0.2, 0.25) is 5.02 Å². The highest BCUT2D eigenvalue weighted by Gasteiger charge is 2.28. The summed E-state index contributed by atoms with van der Waals surface area (Å²) in [5.74, 6) is 0.120. The molecule has 1 aromatic carbocycles. The van der Waals surface area contributed by atoms with Crippen LogP contribution < -0.4 is 10.5 Å². The van der Waals surface area contributed by atoms with Crippen LogP contribution in [0.5, 0.6) is 5.75 Å². The van der Waals surface area contributed by atoms with Gasteiger partial charge in [-0.15, -0.1) is 0 Å². The summed E-state index contributed by atoms with van der Waals surface area (Å²) in [5.41, 5.74) is 5.29. The van der Waals surface area contributed by atoms with E-state index in [0.717, 1.165) is 0 Å². The molecule has 0 spiro atoms. The minimum Gasteiger partial charge on any atom is -0.481 e. The van der Waals surface area contributed by atoms with Crippen LogP contribution in [0.15, 0.2) is 24.3 Å². The van der Waals surface area contributed by atoms with Crippen LogP contribution in [-0.4, -0.2) is 35.9 Å². The molecule has 1 aliphatic heterocycles. The monoisotopic (exact) mass is 310 g/mol. The van der Waals surface area contributed by atoms with E-state index in [9.17, 15) is 9.59 Å². The zero-order valence-corrected chi connectivity index (χ0v) is 12.7. The summed E-state index contributed by atoms with van der Waals surface area (Å²) in [5, 5.41) is 0.620. The summed E-state index contributed by atoms with van der Waals surface area (Å²) in [7, 11) is 0. The Morgan fingerprint density at radius 2 is 1.86 bits per heavy atom. The highest BCUT2D eigenvalue weighted by Crippen LogP contribution is 2.20. The van der Waals surface area contributed by atoms with E-state index in [-0.39, 0.29) is 17.7 Å². The largest absolute Gasteiger partial charge is 0.481 e. The number of amides is 2. The number of carbonyl (C=O) groups excluding carboxylic acids is 2. The lowest BCUT2D eigenvalue weighted by Gasteiger charge is -2.32. The number of likely N-dealkylation sites (tertiary alicyclic amines) is 1. The predicted molar refractivity (Wildman–Crippen MR) is 80.0 cm³/mol. The number of piperidine rings is 1. The first-order valence-corrected chi connectivity index (χ1v) is 7.35. The topological polar surface area (TPSA) is 72.6 Å². The maximum absolute atomic E-state index is 12.3. The van der Waals surface area contributed by atoms with Crippen molar-refractivity contribution in [3.05, 3.63) is 29.3 Å². The fraction of sp³-hybridized carbons (Fsp3) is 0.467. The Morgan fingerprint density at radius 3 is 2.38 bits per heavy atom. The molecule has 21 heavy (non-hydrogen) atoms. The molecule has 5 nitrogen and oxygen atoms in total. The van der Waals surface area contributed by atoms with Crippen LogP contribution >= 0.6 is 11.6 Å². The Balaban J connectivity index is 1.88. The normalized spacial score (nSPS) is 17.3. The van der Waals surface area contributed by atoms with Gasteiger partial charge in [0.1, 0.15) is 5.75 Å². The van der Waals surface area contributed by atoms with E-state index in [1.807, 2.05) is 0 Å². The van der Waals surface area contributed by atoms with Crippen molar-refractivity contribution >= 4 is 23.4 Å². The number of benzene rings is 1. The van der Waals surface area contributed by atoms with Gasteiger partial charge in [-0.25, -0.2) is 0 Å². The molecule has 0 aliphatic carbocycles. The number of rotatable bonds is 4. The molecule has 1 heterocycles. The van der Waals surface area contributed by atoms with Crippen molar-refractivity contribution in [3.63, 3.8) is 0 Å². The average Bonchev–Trinajstić information content (AvgIpc) is 2.49. The van der Waals surface area contributed by atoms with E-state index in [0.29, 0.717) is 36.7 Å². The average molecular weight is 311 g/mol. The van der Waals surface area contributed by atoms with E-state index in [4.69, 9.17) is 22.1 Å². The molecule has 1 saturated heterocycles. The third-order valence-electron chi connectivity index (χ3n) is 3.68. The molecule has 114 valence electrons. The van der Waals surface area contributed by atoms with Crippen molar-refractivity contribution in [2.24, 2.45) is 11.7 Å². The number of carbonyl (C=O) groups is 2. The molecule has 2 amide bonds. The molecule has 0 radical (unpaired) electrons. The minimum atomic E-state index is -0.573. The summed E-state index contributed by atoms with van der Waals surface area (Å²) in [6.45, 7) is 2.80. The number of halogens is 1. The summed E-state index contributed by atoms with van der Waals surface area (Å²) < 4.78 is 5.62. The number of nitrogens with zero attached hydrogens (tertiary/aromatic N) is 1. The third kappa shape index (κ3) is 4.11. The molecule has 2 N–H and O–H groups in total. The van der Waals surface area contributed by atoms with Gasteiger partial charge in [0.2, 0.25) is 5.91 Å². The number of hydrogen-bond donors (Lipinski definition) is 1. The van der Waals surface area contributed by atoms with Gasteiger partial charge in [-0.1, -0.05) is 11.6 Å². The standard InChI is InChI=1S/C15H19ClN2O3/c1-10(21-13-4-2-12(16)3-5-13)15(20)18-8-6-11(7-9-18)14(17)19/h2-5,10-11H,6-9H2,1H3,(H2,17,19). The molecule has 2 rings (SSSR count). The second-order valence-electron chi connectivity index (χ2n) is 5.22. The molecule has 1 aromatic rings. The van der Waals surface area contributed by atoms with Gasteiger partial charge in [-0.05, 0) is 44.0 Å². The van der Waals surface area contributed by atoms with Gasteiger partial charge in [0.25, 0.3) is 5.91 Å². The highest BCUT2D eigenvalue weighted by molar-refractivity contribution is 6.30. The van der Waals surface area contributed by atoms with Gasteiger partial charge in [0.15, 0.2) is 6.10 Å². The maximum atomic E-state index is 12.3. The number of primary amides is 1. The van der Waals surface area contributed by atoms with Gasteiger partial charge in [0.05, 0.1) is 0 Å². The van der Waals surface area contributed by atoms with Crippen LogP contribution in [0, 0.1) is 5.92 Å². The van der Waals surface area contributed by atoms with Crippen LogP contribution in [0.3, 0.4) is 0 Å². The smallest absolute Gasteiger partial charge is 0.263 e. The first-order valence-electron chi connectivity index (χ1n) is 6.97. The molecule has 6 heteroatoms. The molecular weight excluding hydrogens is 292 g/mol. The fourth-order valence-corrected chi connectivity index (χ4v) is 2.54. The van der Waals surface area contributed by atoms with Gasteiger partial charge in [-0.2, -0.15) is 0 Å². The maximum Gasteiger partial charge on any atom is 0.263 e. The Hall–Kier alpha value is -1.75. The van der Waals surface area contributed by atoms with Crippen LogP contribution in [0.1, 0.15) is 19.8 Å². The first kappa shape index (κ1) is 15.6. The highest BCUT2D eigenvalue weighted by atomic mass is 35.5. The summed E-state index contributed by atoms with van der Waals surface area (Å²) >= 11 is 5.80. The second kappa shape index (κ2) is 6.80. The van der Waals surface area contributed by atoms with Crippen LogP contribution in [0.25, 0.3) is 0 Å². The summed E-state index contributed by atoms with van der Waals surface area (Å²) in [6, 6.07) is 6.88. The van der Waals surface area contributed by atoms with Crippen molar-refractivity contribution < 1.29 is 14.3 Å². The summed E-state index contributed by atoms with van der Waals surface area (Å²) in [6.07, 6.45) is 0.667. The second-order valence-corrected chi connectivity index (χ2v) is 5.65. The van der Waals surface area contributed by atoms with Gasteiger partial charge >= 0.3 is 0 Å². The van der Waals surface area contributed by atoms with Gasteiger partial charge in [-0.3, -0.25) is 9.59 Å². The fourth-order valence-electron chi connectivity index (χ4n) is 2.41. The van der Waals surface area contributed by atoms with Crippen molar-refractivity contribution in [2.45, 2.75) is 25.9 Å². The Morgan fingerprint density at radius 1 is 1.29 bits per heavy atom. The van der Waals surface area contributed by atoms with Crippen molar-refractivity contribution in [1.82, 2.24) is 4.90 Å². The Bertz CT molecular complexity index is 510. The zero-order valence-electron chi connectivity index (χ0n) is 11.9. The van der Waals surface area contributed by atoms with E-state index >= 15 is 0 Å². The predicted octanol–water partition coefficient (Wildman–Crippen LogP) is 1.83. The molecule has 1 unspecified atom stereocenters. The SMILES string of the molecule is CC(Oc1ccc(Cl)cc1)C(=O)N1CCC(C(N)=O)CC1. The Labute approximate surface area is 129 Å². The number of ether oxygens (including phenoxy) is 1. The number of hydrogen-bond acceptors (Lipinski definition) is 3. The first-order chi connectivity index (χ1) is 9.97. The lowest BCUT2D eigenvalue weighted by atomic mass is 9.96. The van der Waals surface area contributed by atoms with Crippen molar-refractivity contribution in [1.29, 1.82) is 0 Å². The number of nitrogens with two attached hydrogens (primary N) is 1. The van der Waals surface area contributed by atoms with Crippen LogP contribution in [-0.2, 0) is 9.59 Å². The lowest BCUT2D eigenvalue weighted by molar-refractivity contribution is -0.140. The van der Waals surface area contributed by atoms with E-state index in [2.05, 4.69) is 0 Å². The lowest BCUT2D eigenvalue weighted by Crippen LogP contribution is -2.46. The van der Waals surface area contributed by atoms with E-state index in [1.165, 1.54) is 0 Å². The molecule has 1 fully saturated rings. The minimum absolute atomic E-state index is 0.0760. The molecule has 0 bridgehead atoms. The Kier molecular flexibility index (Phi) is 5.07. The van der Waals surface area contributed by atoms with E-state index in [1.54, 1.807) is 36.1 Å². The quantitative estimate of drug-likeness (QED) is 0.922. The molecule has 0 aromatic heterocycles. The van der Waals surface area contributed by atoms with E-state index < -0.39 is 6.10 Å². The van der Waals surface area contributed by atoms with Crippen molar-refractivity contribution in [3.8, 4) is 5.75 Å². The van der Waals surface area contributed by atoms with Crippen molar-refractivity contribution in [2.75, 3.05) is 13.1 Å². The van der Waals surface area contributed by atoms with Gasteiger partial charge < -0.3 is 15.4 Å². The zero-order chi connectivity index (χ0) is 15.4. The molecule has 0 saturated carbocycles. The van der Waals surface area contributed by atoms with Gasteiger partial charge in [0, 0.05) is 24.0 Å².